The van der Waals surface area contributed by atoms with Gasteiger partial charge >= 0.3 is 0 Å². The number of primary amides is 1. The number of halogens is 2. The number of nitrogens with two attached hydrogens (primary N) is 1. The highest BCUT2D eigenvalue weighted by molar-refractivity contribution is 6.31. The van der Waals surface area contributed by atoms with Crippen molar-refractivity contribution in [2.45, 2.75) is 20.0 Å². The van der Waals surface area contributed by atoms with Crippen LogP contribution in [0.3, 0.4) is 0 Å². The Morgan fingerprint density at radius 1 is 1.52 bits per heavy atom. The van der Waals surface area contributed by atoms with Gasteiger partial charge in [-0.25, -0.2) is 4.39 Å². The first-order chi connectivity index (χ1) is 9.99. The van der Waals surface area contributed by atoms with Crippen LogP contribution in [0.15, 0.2) is 18.2 Å². The van der Waals surface area contributed by atoms with Gasteiger partial charge in [0.25, 0.3) is 5.91 Å². The maximum absolute atomic E-state index is 13.3. The molecular formula is C14H16ClFN4O. The van der Waals surface area contributed by atoms with Crippen molar-refractivity contribution in [2.75, 3.05) is 7.05 Å². The summed E-state index contributed by atoms with van der Waals surface area (Å²) in [5.41, 5.74) is 7.49. The molecule has 1 amide bonds. The molecule has 0 saturated heterocycles. The fourth-order valence-corrected chi connectivity index (χ4v) is 2.39. The number of benzene rings is 1. The van der Waals surface area contributed by atoms with Crippen molar-refractivity contribution >= 4 is 17.5 Å². The van der Waals surface area contributed by atoms with Crippen molar-refractivity contribution in [2.24, 2.45) is 5.73 Å². The summed E-state index contributed by atoms with van der Waals surface area (Å²) >= 11 is 5.80. The largest absolute Gasteiger partial charge is 0.365 e. The lowest BCUT2D eigenvalue weighted by Crippen LogP contribution is -2.18. The number of hydrogen-bond donors (Lipinski definition) is 2. The van der Waals surface area contributed by atoms with E-state index in [1.54, 1.807) is 11.7 Å². The van der Waals surface area contributed by atoms with Gasteiger partial charge < -0.3 is 11.1 Å². The Balaban J connectivity index is 2.67. The summed E-state index contributed by atoms with van der Waals surface area (Å²) < 4.78 is 15.0. The quantitative estimate of drug-likeness (QED) is 0.889. The lowest BCUT2D eigenvalue weighted by atomic mass is 10.1. The fraction of sp³-hybridized carbons (Fsp3) is 0.286. The van der Waals surface area contributed by atoms with E-state index in [9.17, 15) is 9.18 Å². The van der Waals surface area contributed by atoms with E-state index in [0.29, 0.717) is 35.6 Å². The average molecular weight is 311 g/mol. The Hall–Kier alpha value is -1.92. The van der Waals surface area contributed by atoms with Gasteiger partial charge in [0.05, 0.1) is 16.3 Å². The molecule has 0 aliphatic carbocycles. The Morgan fingerprint density at radius 3 is 2.76 bits per heavy atom. The van der Waals surface area contributed by atoms with E-state index in [0.717, 1.165) is 0 Å². The van der Waals surface area contributed by atoms with Crippen LogP contribution in [0.4, 0.5) is 4.39 Å². The molecule has 0 radical (unpaired) electrons. The Bertz CT molecular complexity index is 684. The van der Waals surface area contributed by atoms with E-state index >= 15 is 0 Å². The van der Waals surface area contributed by atoms with Crippen LogP contribution in [0.2, 0.25) is 5.02 Å². The zero-order valence-electron chi connectivity index (χ0n) is 11.8. The van der Waals surface area contributed by atoms with E-state index in [1.807, 2.05) is 6.92 Å². The van der Waals surface area contributed by atoms with Crippen molar-refractivity contribution in [3.63, 3.8) is 0 Å². The minimum atomic E-state index is -0.574. The molecule has 0 aliphatic heterocycles. The molecular weight excluding hydrogens is 295 g/mol. The molecule has 0 atom stereocenters. The maximum atomic E-state index is 13.3. The molecule has 1 heterocycles. The Kier molecular flexibility index (Phi) is 4.59. The number of carbonyl (C=O) groups is 1. The van der Waals surface area contributed by atoms with Crippen LogP contribution in [-0.4, -0.2) is 22.7 Å². The first-order valence-corrected chi connectivity index (χ1v) is 6.86. The predicted molar refractivity (Wildman–Crippen MR) is 79.6 cm³/mol. The molecule has 112 valence electrons. The van der Waals surface area contributed by atoms with E-state index in [4.69, 9.17) is 17.3 Å². The average Bonchev–Trinajstić information content (AvgIpc) is 2.81. The van der Waals surface area contributed by atoms with Crippen molar-refractivity contribution in [3.8, 4) is 11.3 Å². The highest BCUT2D eigenvalue weighted by Gasteiger charge is 2.22. The van der Waals surface area contributed by atoms with Gasteiger partial charge in [0.15, 0.2) is 0 Å². The van der Waals surface area contributed by atoms with Gasteiger partial charge in [0, 0.05) is 18.7 Å². The molecule has 0 bridgehead atoms. The van der Waals surface area contributed by atoms with Crippen LogP contribution in [-0.2, 0) is 13.1 Å². The summed E-state index contributed by atoms with van der Waals surface area (Å²) in [4.78, 5) is 11.8. The summed E-state index contributed by atoms with van der Waals surface area (Å²) in [6, 6.07) is 4.21. The van der Waals surface area contributed by atoms with Crippen LogP contribution in [0.25, 0.3) is 11.3 Å². The number of aryl methyl sites for hydroxylation is 1. The molecule has 0 aliphatic rings. The van der Waals surface area contributed by atoms with Gasteiger partial charge in [-0.2, -0.15) is 5.10 Å². The number of nitrogens with zero attached hydrogens (tertiary/aromatic N) is 2. The van der Waals surface area contributed by atoms with Gasteiger partial charge in [-0.3, -0.25) is 9.48 Å². The molecule has 0 saturated carbocycles. The standard InChI is InChI=1S/C14H16ClFN4O/c1-3-20-11(7-18-2)12(14(17)21)13(19-20)8-4-5-10(16)9(15)6-8/h4-6,18H,3,7H2,1-2H3,(H2,17,21). The van der Waals surface area contributed by atoms with Crippen molar-refractivity contribution < 1.29 is 9.18 Å². The summed E-state index contributed by atoms with van der Waals surface area (Å²) in [5.74, 6) is -1.10. The van der Waals surface area contributed by atoms with Gasteiger partial charge in [-0.15, -0.1) is 0 Å². The number of amides is 1. The number of rotatable bonds is 5. The molecule has 1 aromatic carbocycles. The molecule has 2 aromatic rings. The molecule has 21 heavy (non-hydrogen) atoms. The summed E-state index contributed by atoms with van der Waals surface area (Å²) in [6.45, 7) is 2.96. The SMILES string of the molecule is CCn1nc(-c2ccc(F)c(Cl)c2)c(C(N)=O)c1CNC. The van der Waals surface area contributed by atoms with E-state index in [-0.39, 0.29) is 5.02 Å². The lowest BCUT2D eigenvalue weighted by Gasteiger charge is -2.05. The lowest BCUT2D eigenvalue weighted by molar-refractivity contribution is 0.0999. The first-order valence-electron chi connectivity index (χ1n) is 6.49. The van der Waals surface area contributed by atoms with Crippen LogP contribution in [0, 0.1) is 5.82 Å². The van der Waals surface area contributed by atoms with E-state index < -0.39 is 11.7 Å². The summed E-state index contributed by atoms with van der Waals surface area (Å²) in [5, 5.41) is 7.36. The molecule has 0 unspecified atom stereocenters. The molecule has 0 spiro atoms. The first kappa shape index (κ1) is 15.5. The van der Waals surface area contributed by atoms with Crippen LogP contribution in [0.5, 0.6) is 0 Å². The Morgan fingerprint density at radius 2 is 2.24 bits per heavy atom. The van der Waals surface area contributed by atoms with Crippen molar-refractivity contribution in [1.82, 2.24) is 15.1 Å². The highest BCUT2D eigenvalue weighted by Crippen LogP contribution is 2.28. The number of nitrogens with one attached hydrogen (secondary N) is 1. The second-order valence-electron chi connectivity index (χ2n) is 4.51. The van der Waals surface area contributed by atoms with Gasteiger partial charge in [0.1, 0.15) is 11.5 Å². The third-order valence-electron chi connectivity index (χ3n) is 3.14. The van der Waals surface area contributed by atoms with Gasteiger partial charge in [-0.1, -0.05) is 11.6 Å². The zero-order chi connectivity index (χ0) is 15.6. The highest BCUT2D eigenvalue weighted by atomic mass is 35.5. The Labute approximate surface area is 126 Å². The monoisotopic (exact) mass is 310 g/mol. The van der Waals surface area contributed by atoms with Gasteiger partial charge in [-0.05, 0) is 32.2 Å². The molecule has 7 heteroatoms. The van der Waals surface area contributed by atoms with Crippen molar-refractivity contribution in [3.05, 3.63) is 40.3 Å². The second-order valence-corrected chi connectivity index (χ2v) is 4.92. The van der Waals surface area contributed by atoms with E-state index in [1.165, 1.54) is 18.2 Å². The van der Waals surface area contributed by atoms with Crippen LogP contribution >= 0.6 is 11.6 Å². The molecule has 2 rings (SSSR count). The topological polar surface area (TPSA) is 72.9 Å². The fourth-order valence-electron chi connectivity index (χ4n) is 2.21. The normalized spacial score (nSPS) is 10.9. The number of aromatic nitrogens is 2. The summed E-state index contributed by atoms with van der Waals surface area (Å²) in [6.07, 6.45) is 0. The van der Waals surface area contributed by atoms with Crippen molar-refractivity contribution in [1.29, 1.82) is 0 Å². The minimum Gasteiger partial charge on any atom is -0.365 e. The molecule has 0 fully saturated rings. The molecule has 5 nitrogen and oxygen atoms in total. The van der Waals surface area contributed by atoms with E-state index in [2.05, 4.69) is 10.4 Å². The van der Waals surface area contributed by atoms with Crippen LogP contribution < -0.4 is 11.1 Å². The van der Waals surface area contributed by atoms with Gasteiger partial charge in [0.2, 0.25) is 0 Å². The predicted octanol–water partition coefficient (Wildman–Crippen LogP) is 2.18. The third-order valence-corrected chi connectivity index (χ3v) is 3.43. The minimum absolute atomic E-state index is 0.0239. The van der Waals surface area contributed by atoms with Crippen LogP contribution in [0.1, 0.15) is 23.0 Å². The smallest absolute Gasteiger partial charge is 0.252 e. The summed E-state index contributed by atoms with van der Waals surface area (Å²) in [7, 11) is 1.77. The molecule has 3 N–H and O–H groups in total. The second kappa shape index (κ2) is 6.24. The number of hydrogen-bond acceptors (Lipinski definition) is 3. The third kappa shape index (κ3) is 2.91. The number of carbonyl (C=O) groups excluding carboxylic acids is 1. The maximum Gasteiger partial charge on any atom is 0.252 e. The molecule has 1 aromatic heterocycles. The zero-order valence-corrected chi connectivity index (χ0v) is 12.5.